The number of rotatable bonds is 9. The molecule has 0 aliphatic carbocycles. The summed E-state index contributed by atoms with van der Waals surface area (Å²) in [6.07, 6.45) is 3.86. The lowest BCUT2D eigenvalue weighted by Gasteiger charge is -2.29. The van der Waals surface area contributed by atoms with Gasteiger partial charge in [0.2, 0.25) is 0 Å². The lowest BCUT2D eigenvalue weighted by molar-refractivity contribution is -0.384. The molecule has 6 rings (SSSR count). The first-order chi connectivity index (χ1) is 20.5. The highest BCUT2D eigenvalue weighted by molar-refractivity contribution is 7.99. The summed E-state index contributed by atoms with van der Waals surface area (Å²) in [6.45, 7) is 2.59. The molecule has 1 N–H and O–H groups in total. The summed E-state index contributed by atoms with van der Waals surface area (Å²) >= 11 is 7.48. The van der Waals surface area contributed by atoms with Gasteiger partial charge in [0.05, 0.1) is 23.3 Å². The first-order valence-corrected chi connectivity index (χ1v) is 14.7. The molecule has 8 nitrogen and oxygen atoms in total. The minimum atomic E-state index is -0.392. The monoisotopic (exact) mass is 593 g/mol. The average Bonchev–Trinajstić information content (AvgIpc) is 3.63. The fourth-order valence-corrected chi connectivity index (χ4v) is 6.28. The molecule has 3 aromatic carbocycles. The van der Waals surface area contributed by atoms with E-state index in [1.165, 1.54) is 12.1 Å². The van der Waals surface area contributed by atoms with Crippen molar-refractivity contribution in [2.24, 2.45) is 0 Å². The summed E-state index contributed by atoms with van der Waals surface area (Å²) in [4.78, 5) is 19.4. The van der Waals surface area contributed by atoms with Gasteiger partial charge in [-0.05, 0) is 104 Å². The third-order valence-corrected chi connectivity index (χ3v) is 8.34. The summed E-state index contributed by atoms with van der Waals surface area (Å²) in [5.41, 5.74) is 4.01. The molecular weight excluding hydrogens is 567 g/mol. The van der Waals surface area contributed by atoms with Crippen LogP contribution in [0.2, 0.25) is 0 Å². The molecule has 0 spiro atoms. The second-order valence-corrected chi connectivity index (χ2v) is 11.1. The molecule has 10 heteroatoms. The van der Waals surface area contributed by atoms with Crippen molar-refractivity contribution in [2.75, 3.05) is 11.5 Å². The van der Waals surface area contributed by atoms with E-state index in [1.54, 1.807) is 30.1 Å². The summed E-state index contributed by atoms with van der Waals surface area (Å²) in [7, 11) is 0. The van der Waals surface area contributed by atoms with Crippen LogP contribution < -0.4 is 15.0 Å². The Morgan fingerprint density at radius 1 is 0.929 bits per heavy atom. The van der Waals surface area contributed by atoms with E-state index in [0.29, 0.717) is 11.7 Å². The van der Waals surface area contributed by atoms with Crippen LogP contribution >= 0.6 is 24.0 Å². The molecule has 0 amide bonds. The third kappa shape index (κ3) is 5.59. The Kier molecular flexibility index (Phi) is 7.89. The summed E-state index contributed by atoms with van der Waals surface area (Å²) in [5, 5.41) is 15.1. The van der Waals surface area contributed by atoms with Gasteiger partial charge in [0.1, 0.15) is 11.8 Å². The van der Waals surface area contributed by atoms with Gasteiger partial charge in [-0.2, -0.15) is 0 Å². The van der Waals surface area contributed by atoms with E-state index in [0.717, 1.165) is 38.3 Å². The quantitative estimate of drug-likeness (QED) is 0.107. The number of nitrogens with zero attached hydrogens (tertiary/aromatic N) is 4. The molecule has 0 radical (unpaired) electrons. The SMILES string of the molecule is CCOc1ccc(-n2cccc2[C@@H]2[C@H](c3ccccn3)NC(=S)N2c2ccc(Sc3ccc([N+](=O)[O-])cc3)cc2)cc1. The number of nitro benzene ring substituents is 1. The molecule has 1 saturated heterocycles. The highest BCUT2D eigenvalue weighted by atomic mass is 32.2. The predicted octanol–water partition coefficient (Wildman–Crippen LogP) is 7.51. The first kappa shape index (κ1) is 27.5. The van der Waals surface area contributed by atoms with Crippen LogP contribution in [0.4, 0.5) is 11.4 Å². The number of ether oxygens (including phenoxy) is 1. The molecule has 0 unspecified atom stereocenters. The van der Waals surface area contributed by atoms with Crippen molar-refractivity contribution < 1.29 is 9.66 Å². The van der Waals surface area contributed by atoms with Crippen molar-refractivity contribution in [3.05, 3.63) is 137 Å². The smallest absolute Gasteiger partial charge is 0.269 e. The van der Waals surface area contributed by atoms with Gasteiger partial charge < -0.3 is 19.5 Å². The Balaban J connectivity index is 1.34. The number of non-ortho nitro benzene ring substituents is 1. The second-order valence-electron chi connectivity index (χ2n) is 9.57. The number of nitrogens with one attached hydrogen (secondary N) is 1. The zero-order chi connectivity index (χ0) is 29.1. The molecule has 2 atom stereocenters. The van der Waals surface area contributed by atoms with E-state index in [2.05, 4.69) is 56.3 Å². The molecule has 210 valence electrons. The van der Waals surface area contributed by atoms with Gasteiger partial charge >= 0.3 is 0 Å². The molecule has 0 bridgehead atoms. The van der Waals surface area contributed by atoms with Crippen LogP contribution in [0.15, 0.2) is 125 Å². The van der Waals surface area contributed by atoms with Gasteiger partial charge in [0.25, 0.3) is 5.69 Å². The van der Waals surface area contributed by atoms with Crippen molar-refractivity contribution in [1.82, 2.24) is 14.9 Å². The standard InChI is InChI=1S/C32H27N5O3S2/c1-2-40-25-14-8-22(9-15-25)35-21-5-7-29(35)31-30(28-6-3-4-20-33-28)34-32(41)36(31)23-10-16-26(17-11-23)42-27-18-12-24(13-19-27)37(38)39/h3-21,30-31H,2H2,1H3,(H,34,41)/t30-,31+/m0/s1. The highest BCUT2D eigenvalue weighted by Crippen LogP contribution is 2.43. The van der Waals surface area contributed by atoms with Crippen molar-refractivity contribution in [3.63, 3.8) is 0 Å². The zero-order valence-electron chi connectivity index (χ0n) is 22.7. The van der Waals surface area contributed by atoms with Crippen molar-refractivity contribution in [2.45, 2.75) is 28.8 Å². The molecule has 0 saturated carbocycles. The number of benzene rings is 3. The molecule has 1 aliphatic rings. The fraction of sp³-hybridized carbons (Fsp3) is 0.125. The molecular formula is C32H27N5O3S2. The van der Waals surface area contributed by atoms with Crippen LogP contribution in [0.3, 0.4) is 0 Å². The number of nitro groups is 1. The molecule has 3 heterocycles. The lowest BCUT2D eigenvalue weighted by atomic mass is 10.0. The van der Waals surface area contributed by atoms with Crippen LogP contribution in [-0.4, -0.2) is 26.2 Å². The topological polar surface area (TPSA) is 85.5 Å². The lowest BCUT2D eigenvalue weighted by Crippen LogP contribution is -2.30. The fourth-order valence-electron chi connectivity index (χ4n) is 5.12. The zero-order valence-corrected chi connectivity index (χ0v) is 24.3. The first-order valence-electron chi connectivity index (χ1n) is 13.5. The maximum absolute atomic E-state index is 11.0. The number of anilines is 1. The van der Waals surface area contributed by atoms with Gasteiger partial charge in [0.15, 0.2) is 5.11 Å². The number of hydrogen-bond donors (Lipinski definition) is 1. The van der Waals surface area contributed by atoms with Crippen LogP contribution in [0.1, 0.15) is 30.4 Å². The van der Waals surface area contributed by atoms with Crippen molar-refractivity contribution in [1.29, 1.82) is 0 Å². The van der Waals surface area contributed by atoms with E-state index in [4.69, 9.17) is 17.0 Å². The van der Waals surface area contributed by atoms with Gasteiger partial charge in [-0.25, -0.2) is 0 Å². The maximum Gasteiger partial charge on any atom is 0.269 e. The Labute approximate surface area is 253 Å². The molecule has 1 aliphatic heterocycles. The van der Waals surface area contributed by atoms with E-state index < -0.39 is 4.92 Å². The Morgan fingerprint density at radius 2 is 1.62 bits per heavy atom. The van der Waals surface area contributed by atoms with Crippen LogP contribution in [0.5, 0.6) is 5.75 Å². The van der Waals surface area contributed by atoms with Crippen LogP contribution in [-0.2, 0) is 0 Å². The Bertz CT molecular complexity index is 1690. The van der Waals surface area contributed by atoms with Crippen molar-refractivity contribution >= 4 is 40.5 Å². The van der Waals surface area contributed by atoms with E-state index >= 15 is 0 Å². The Morgan fingerprint density at radius 3 is 2.26 bits per heavy atom. The second kappa shape index (κ2) is 12.1. The van der Waals surface area contributed by atoms with Crippen molar-refractivity contribution in [3.8, 4) is 11.4 Å². The largest absolute Gasteiger partial charge is 0.494 e. The van der Waals surface area contributed by atoms with Crippen LogP contribution in [0.25, 0.3) is 5.69 Å². The molecule has 5 aromatic rings. The van der Waals surface area contributed by atoms with E-state index in [1.807, 2.05) is 55.5 Å². The van der Waals surface area contributed by atoms with Gasteiger partial charge in [0, 0.05) is 51.4 Å². The molecule has 1 fully saturated rings. The number of thiocarbonyl (C=S) groups is 1. The average molecular weight is 594 g/mol. The number of hydrogen-bond acceptors (Lipinski definition) is 6. The summed E-state index contributed by atoms with van der Waals surface area (Å²) in [5.74, 6) is 0.832. The normalized spacial score (nSPS) is 16.3. The van der Waals surface area contributed by atoms with E-state index in [9.17, 15) is 10.1 Å². The number of pyridine rings is 1. The summed E-state index contributed by atoms with van der Waals surface area (Å²) < 4.78 is 7.83. The third-order valence-electron chi connectivity index (χ3n) is 7.01. The Hall–Kier alpha value is -4.67. The van der Waals surface area contributed by atoms with Gasteiger partial charge in [-0.1, -0.05) is 17.8 Å². The van der Waals surface area contributed by atoms with Crippen LogP contribution in [0, 0.1) is 10.1 Å². The molecule has 2 aromatic heterocycles. The predicted molar refractivity (Wildman–Crippen MR) is 169 cm³/mol. The van der Waals surface area contributed by atoms with Gasteiger partial charge in [-0.3, -0.25) is 15.1 Å². The summed E-state index contributed by atoms with van der Waals surface area (Å²) in [6, 6.07) is 32.6. The highest BCUT2D eigenvalue weighted by Gasteiger charge is 2.42. The number of aromatic nitrogens is 2. The molecule has 42 heavy (non-hydrogen) atoms. The van der Waals surface area contributed by atoms with Gasteiger partial charge in [-0.15, -0.1) is 0 Å². The maximum atomic E-state index is 11.0. The van der Waals surface area contributed by atoms with E-state index in [-0.39, 0.29) is 17.8 Å². The minimum Gasteiger partial charge on any atom is -0.494 e. The minimum absolute atomic E-state index is 0.0771.